The van der Waals surface area contributed by atoms with Crippen LogP contribution in [-0.2, 0) is 6.42 Å². The molecule has 0 atom stereocenters. The first-order valence-corrected chi connectivity index (χ1v) is 7.42. The first kappa shape index (κ1) is 12.1. The molecule has 1 aromatic heterocycles. The third kappa shape index (κ3) is 4.22. The summed E-state index contributed by atoms with van der Waals surface area (Å²) in [6, 6.07) is 0. The van der Waals surface area contributed by atoms with Crippen LogP contribution in [0.1, 0.15) is 43.5 Å². The van der Waals surface area contributed by atoms with Gasteiger partial charge in [0.15, 0.2) is 0 Å². The normalized spacial score (nSPS) is 17.0. The third-order valence-electron chi connectivity index (χ3n) is 3.39. The Morgan fingerprint density at radius 3 is 2.94 bits per heavy atom. The van der Waals surface area contributed by atoms with Crippen molar-refractivity contribution >= 4 is 11.3 Å². The van der Waals surface area contributed by atoms with Crippen molar-refractivity contribution in [2.45, 2.75) is 44.9 Å². The van der Waals surface area contributed by atoms with E-state index in [9.17, 15) is 0 Å². The number of hydrogen-bond acceptors (Lipinski definition) is 3. The molecule has 1 aliphatic rings. The lowest BCUT2D eigenvalue weighted by atomic mass is 10.1. The molecule has 1 N–H and O–H groups in total. The van der Waals surface area contributed by atoms with Gasteiger partial charge in [-0.15, -0.1) is 11.3 Å². The van der Waals surface area contributed by atoms with Crippen molar-refractivity contribution < 1.29 is 0 Å². The molecule has 1 saturated carbocycles. The summed E-state index contributed by atoms with van der Waals surface area (Å²) >= 11 is 1.78. The van der Waals surface area contributed by atoms with Crippen molar-refractivity contribution in [3.8, 4) is 0 Å². The predicted molar refractivity (Wildman–Crippen MR) is 69.9 cm³/mol. The zero-order valence-corrected chi connectivity index (χ0v) is 10.8. The Morgan fingerprint density at radius 2 is 2.19 bits per heavy atom. The standard InChI is InChI=1S/C13H22N2S/c1-2-6-12(5-1)11-14-8-4-3-7-13-15-9-10-16-13/h9-10,12,14H,1-8,11H2. The topological polar surface area (TPSA) is 24.9 Å². The Bertz CT molecular complexity index is 265. The maximum atomic E-state index is 4.30. The predicted octanol–water partition coefficient (Wildman–Crippen LogP) is 3.25. The van der Waals surface area contributed by atoms with E-state index >= 15 is 0 Å². The van der Waals surface area contributed by atoms with Crippen LogP contribution >= 0.6 is 11.3 Å². The van der Waals surface area contributed by atoms with Gasteiger partial charge in [-0.3, -0.25) is 0 Å². The van der Waals surface area contributed by atoms with Gasteiger partial charge in [0.2, 0.25) is 0 Å². The summed E-state index contributed by atoms with van der Waals surface area (Å²) in [4.78, 5) is 4.30. The Labute approximate surface area is 102 Å². The van der Waals surface area contributed by atoms with Gasteiger partial charge < -0.3 is 5.32 Å². The highest BCUT2D eigenvalue weighted by Crippen LogP contribution is 2.23. The Morgan fingerprint density at radius 1 is 1.31 bits per heavy atom. The van der Waals surface area contributed by atoms with Crippen molar-refractivity contribution in [3.05, 3.63) is 16.6 Å². The quantitative estimate of drug-likeness (QED) is 0.738. The van der Waals surface area contributed by atoms with Crippen LogP contribution in [0.3, 0.4) is 0 Å². The maximum Gasteiger partial charge on any atom is 0.0924 e. The minimum absolute atomic E-state index is 0.971. The van der Waals surface area contributed by atoms with Crippen molar-refractivity contribution in [3.63, 3.8) is 0 Å². The van der Waals surface area contributed by atoms with Crippen LogP contribution in [0.5, 0.6) is 0 Å². The molecule has 1 fully saturated rings. The molecular weight excluding hydrogens is 216 g/mol. The van der Waals surface area contributed by atoms with E-state index in [4.69, 9.17) is 0 Å². The highest BCUT2D eigenvalue weighted by molar-refractivity contribution is 7.09. The van der Waals surface area contributed by atoms with Gasteiger partial charge in [0, 0.05) is 11.6 Å². The zero-order chi connectivity index (χ0) is 11.1. The summed E-state index contributed by atoms with van der Waals surface area (Å²) in [6.07, 6.45) is 11.4. The van der Waals surface area contributed by atoms with Gasteiger partial charge in [0.1, 0.15) is 0 Å². The lowest BCUT2D eigenvalue weighted by Gasteiger charge is -2.09. The highest BCUT2D eigenvalue weighted by atomic mass is 32.1. The molecule has 2 nitrogen and oxygen atoms in total. The Hall–Kier alpha value is -0.410. The van der Waals surface area contributed by atoms with Gasteiger partial charge in [-0.1, -0.05) is 12.8 Å². The summed E-state index contributed by atoms with van der Waals surface area (Å²) in [5.41, 5.74) is 0. The van der Waals surface area contributed by atoms with E-state index in [1.54, 1.807) is 11.3 Å². The second-order valence-corrected chi connectivity index (χ2v) is 5.72. The lowest BCUT2D eigenvalue weighted by Crippen LogP contribution is -2.22. The first-order chi connectivity index (χ1) is 7.95. The van der Waals surface area contributed by atoms with Gasteiger partial charge in [-0.05, 0) is 51.1 Å². The number of nitrogens with zero attached hydrogens (tertiary/aromatic N) is 1. The molecule has 0 spiro atoms. The van der Waals surface area contributed by atoms with Crippen LogP contribution in [0.4, 0.5) is 0 Å². The van der Waals surface area contributed by atoms with Crippen molar-refractivity contribution in [1.29, 1.82) is 0 Å². The summed E-state index contributed by atoms with van der Waals surface area (Å²) in [5, 5.41) is 6.94. The molecule has 0 amide bonds. The average molecular weight is 238 g/mol. The molecule has 16 heavy (non-hydrogen) atoms. The SMILES string of the molecule is c1csc(CCCCNCC2CCCC2)n1. The molecule has 3 heteroatoms. The fourth-order valence-corrected chi connectivity index (χ4v) is 3.09. The second kappa shape index (κ2) is 7.02. The van der Waals surface area contributed by atoms with Crippen LogP contribution in [0.25, 0.3) is 0 Å². The van der Waals surface area contributed by atoms with E-state index in [0.717, 1.165) is 12.3 Å². The van der Waals surface area contributed by atoms with E-state index in [1.807, 2.05) is 6.20 Å². The van der Waals surface area contributed by atoms with Crippen molar-refractivity contribution in [2.24, 2.45) is 5.92 Å². The first-order valence-electron chi connectivity index (χ1n) is 6.54. The van der Waals surface area contributed by atoms with E-state index < -0.39 is 0 Å². The van der Waals surface area contributed by atoms with Crippen molar-refractivity contribution in [2.75, 3.05) is 13.1 Å². The number of aromatic nitrogens is 1. The average Bonchev–Trinajstić information content (AvgIpc) is 2.96. The van der Waals surface area contributed by atoms with Crippen LogP contribution in [0.2, 0.25) is 0 Å². The van der Waals surface area contributed by atoms with Crippen LogP contribution in [0.15, 0.2) is 11.6 Å². The summed E-state index contributed by atoms with van der Waals surface area (Å²) in [5.74, 6) is 0.971. The Kier molecular flexibility index (Phi) is 5.29. The molecule has 0 saturated heterocycles. The molecule has 1 heterocycles. The molecule has 0 aliphatic heterocycles. The van der Waals surface area contributed by atoms with Crippen LogP contribution in [0, 0.1) is 5.92 Å². The number of unbranched alkanes of at least 4 members (excludes halogenated alkanes) is 1. The number of nitrogens with one attached hydrogen (secondary N) is 1. The molecule has 0 unspecified atom stereocenters. The molecule has 0 aromatic carbocycles. The van der Waals surface area contributed by atoms with Crippen LogP contribution in [-0.4, -0.2) is 18.1 Å². The second-order valence-electron chi connectivity index (χ2n) is 4.74. The highest BCUT2D eigenvalue weighted by Gasteiger charge is 2.13. The largest absolute Gasteiger partial charge is 0.316 e. The number of rotatable bonds is 7. The third-order valence-corrected chi connectivity index (χ3v) is 4.22. The molecule has 0 radical (unpaired) electrons. The van der Waals surface area contributed by atoms with Gasteiger partial charge >= 0.3 is 0 Å². The zero-order valence-electron chi connectivity index (χ0n) is 9.95. The van der Waals surface area contributed by atoms with Crippen LogP contribution < -0.4 is 5.32 Å². The summed E-state index contributed by atoms with van der Waals surface area (Å²) < 4.78 is 0. The monoisotopic (exact) mass is 238 g/mol. The van der Waals surface area contributed by atoms with E-state index in [1.165, 1.54) is 56.6 Å². The maximum absolute atomic E-state index is 4.30. The van der Waals surface area contributed by atoms with E-state index in [-0.39, 0.29) is 0 Å². The molecule has 90 valence electrons. The van der Waals surface area contributed by atoms with E-state index in [2.05, 4.69) is 15.7 Å². The van der Waals surface area contributed by atoms with Crippen molar-refractivity contribution in [1.82, 2.24) is 10.3 Å². The van der Waals surface area contributed by atoms with Gasteiger partial charge in [-0.2, -0.15) is 0 Å². The minimum Gasteiger partial charge on any atom is -0.316 e. The molecule has 1 aliphatic carbocycles. The van der Waals surface area contributed by atoms with E-state index in [0.29, 0.717) is 0 Å². The summed E-state index contributed by atoms with van der Waals surface area (Å²) in [7, 11) is 0. The molecule has 0 bridgehead atoms. The lowest BCUT2D eigenvalue weighted by molar-refractivity contribution is 0.482. The Balaban J connectivity index is 1.43. The minimum atomic E-state index is 0.971. The fraction of sp³-hybridized carbons (Fsp3) is 0.769. The summed E-state index contributed by atoms with van der Waals surface area (Å²) in [6.45, 7) is 2.43. The smallest absolute Gasteiger partial charge is 0.0924 e. The molecule has 1 aromatic rings. The van der Waals surface area contributed by atoms with Gasteiger partial charge in [0.05, 0.1) is 5.01 Å². The number of thiazole rings is 1. The molecular formula is C13H22N2S. The fourth-order valence-electron chi connectivity index (χ4n) is 2.42. The number of aryl methyl sites for hydroxylation is 1. The molecule has 2 rings (SSSR count). The van der Waals surface area contributed by atoms with Gasteiger partial charge in [-0.25, -0.2) is 4.98 Å². The van der Waals surface area contributed by atoms with Gasteiger partial charge in [0.25, 0.3) is 0 Å². The number of hydrogen-bond donors (Lipinski definition) is 1.